The molecule has 0 saturated carbocycles. The lowest BCUT2D eigenvalue weighted by atomic mass is 10.0. The highest BCUT2D eigenvalue weighted by Gasteiger charge is 2.47. The molecule has 24 heavy (non-hydrogen) atoms. The Kier molecular flexibility index (Phi) is 2.89. The van der Waals surface area contributed by atoms with Gasteiger partial charge in [-0.2, -0.15) is 0 Å². The van der Waals surface area contributed by atoms with E-state index in [0.717, 1.165) is 35.3 Å². The van der Waals surface area contributed by atoms with E-state index in [9.17, 15) is 4.79 Å². The highest BCUT2D eigenvalue weighted by Crippen LogP contribution is 2.41. The third-order valence-corrected chi connectivity index (χ3v) is 5.26. The van der Waals surface area contributed by atoms with Crippen LogP contribution in [0.4, 0.5) is 16.2 Å². The molecule has 3 nitrogen and oxygen atoms in total. The van der Waals surface area contributed by atoms with Gasteiger partial charge in [0.15, 0.2) is 0 Å². The van der Waals surface area contributed by atoms with E-state index in [0.29, 0.717) is 0 Å². The molecule has 0 bridgehead atoms. The first-order chi connectivity index (χ1) is 11.8. The Balaban J connectivity index is 1.69. The SMILES string of the molecule is O=C1N2c3ccccc3C=CC[C@H]2[C@@H]2CC=Cc3ccccc3N12. The Hall–Kier alpha value is -2.81. The van der Waals surface area contributed by atoms with Crippen LogP contribution in [0.15, 0.2) is 60.7 Å². The summed E-state index contributed by atoms with van der Waals surface area (Å²) in [5, 5.41) is 0. The van der Waals surface area contributed by atoms with Gasteiger partial charge >= 0.3 is 6.03 Å². The van der Waals surface area contributed by atoms with Crippen LogP contribution in [0.1, 0.15) is 24.0 Å². The van der Waals surface area contributed by atoms with E-state index in [2.05, 4.69) is 48.6 Å². The molecule has 3 aliphatic heterocycles. The lowest BCUT2D eigenvalue weighted by molar-refractivity contribution is 0.255. The number of benzene rings is 2. The molecule has 0 spiro atoms. The molecule has 2 amide bonds. The zero-order chi connectivity index (χ0) is 16.1. The highest BCUT2D eigenvalue weighted by atomic mass is 16.2. The number of urea groups is 1. The monoisotopic (exact) mass is 314 g/mol. The molecule has 0 aliphatic carbocycles. The van der Waals surface area contributed by atoms with Crippen molar-refractivity contribution in [3.05, 3.63) is 71.8 Å². The van der Waals surface area contributed by atoms with Gasteiger partial charge in [-0.3, -0.25) is 9.80 Å². The molecule has 0 radical (unpaired) electrons. The molecule has 0 unspecified atom stereocenters. The number of para-hydroxylation sites is 2. The standard InChI is InChI=1S/C21H18N2O/c24-21-22-17-11-3-1-7-15(17)9-5-13-19(22)20-14-6-10-16-8-2-4-12-18(16)23(20)21/h1-12,19-20H,13-14H2/t19-,20-/m0/s1. The molecule has 3 heteroatoms. The average Bonchev–Trinajstić information content (AvgIpc) is 2.78. The quantitative estimate of drug-likeness (QED) is 0.691. The van der Waals surface area contributed by atoms with E-state index in [-0.39, 0.29) is 18.1 Å². The normalized spacial score (nSPS) is 23.9. The molecule has 5 rings (SSSR count). The minimum Gasteiger partial charge on any atom is -0.288 e. The summed E-state index contributed by atoms with van der Waals surface area (Å²) >= 11 is 0. The van der Waals surface area contributed by atoms with Crippen molar-refractivity contribution in [1.29, 1.82) is 0 Å². The van der Waals surface area contributed by atoms with Crippen LogP contribution >= 0.6 is 0 Å². The molecule has 3 aliphatic rings. The second kappa shape index (κ2) is 5.10. The maximum Gasteiger partial charge on any atom is 0.329 e. The third-order valence-electron chi connectivity index (χ3n) is 5.26. The number of amides is 2. The smallest absolute Gasteiger partial charge is 0.288 e. The van der Waals surface area contributed by atoms with Crippen molar-refractivity contribution in [2.45, 2.75) is 24.9 Å². The molecule has 2 aromatic rings. The predicted octanol–water partition coefficient (Wildman–Crippen LogP) is 4.70. The number of anilines is 2. The Morgan fingerprint density at radius 2 is 1.17 bits per heavy atom. The summed E-state index contributed by atoms with van der Waals surface area (Å²) in [5.41, 5.74) is 4.29. The number of hydrogen-bond donors (Lipinski definition) is 0. The summed E-state index contributed by atoms with van der Waals surface area (Å²) in [7, 11) is 0. The third kappa shape index (κ3) is 1.81. The van der Waals surface area contributed by atoms with Gasteiger partial charge in [0, 0.05) is 0 Å². The van der Waals surface area contributed by atoms with Gasteiger partial charge in [-0.05, 0) is 36.1 Å². The maximum absolute atomic E-state index is 13.4. The van der Waals surface area contributed by atoms with Crippen molar-refractivity contribution >= 4 is 29.6 Å². The molecule has 3 heterocycles. The molecule has 2 aromatic carbocycles. The van der Waals surface area contributed by atoms with Crippen molar-refractivity contribution in [3.8, 4) is 0 Å². The van der Waals surface area contributed by atoms with Crippen molar-refractivity contribution in [1.82, 2.24) is 0 Å². The van der Waals surface area contributed by atoms with Crippen LogP contribution in [-0.2, 0) is 0 Å². The Morgan fingerprint density at radius 1 is 0.708 bits per heavy atom. The van der Waals surface area contributed by atoms with Crippen molar-refractivity contribution in [3.63, 3.8) is 0 Å². The number of rotatable bonds is 0. The molecule has 2 atom stereocenters. The van der Waals surface area contributed by atoms with Gasteiger partial charge < -0.3 is 0 Å². The molecule has 118 valence electrons. The summed E-state index contributed by atoms with van der Waals surface area (Å²) in [6.07, 6.45) is 10.5. The second-order valence-electron chi connectivity index (χ2n) is 6.55. The Labute approximate surface area is 141 Å². The fourth-order valence-electron chi connectivity index (χ4n) is 4.20. The molecule has 0 aromatic heterocycles. The summed E-state index contributed by atoms with van der Waals surface area (Å²) in [5.74, 6) is 0. The van der Waals surface area contributed by atoms with Crippen LogP contribution in [0.5, 0.6) is 0 Å². The van der Waals surface area contributed by atoms with Crippen LogP contribution < -0.4 is 9.80 Å². The summed E-state index contributed by atoms with van der Waals surface area (Å²) < 4.78 is 0. The first-order valence-electron chi connectivity index (χ1n) is 8.48. The maximum atomic E-state index is 13.4. The lowest BCUT2D eigenvalue weighted by Gasteiger charge is -2.25. The van der Waals surface area contributed by atoms with E-state index in [1.807, 2.05) is 34.1 Å². The van der Waals surface area contributed by atoms with Gasteiger partial charge in [0.2, 0.25) is 0 Å². The Bertz CT molecular complexity index is 811. The van der Waals surface area contributed by atoms with Crippen molar-refractivity contribution in [2.24, 2.45) is 0 Å². The minimum atomic E-state index is 0.0947. The minimum absolute atomic E-state index is 0.0947. The second-order valence-corrected chi connectivity index (χ2v) is 6.55. The van der Waals surface area contributed by atoms with E-state index >= 15 is 0 Å². The van der Waals surface area contributed by atoms with Gasteiger partial charge in [0.1, 0.15) is 0 Å². The first kappa shape index (κ1) is 13.6. The molecule has 1 fully saturated rings. The van der Waals surface area contributed by atoms with E-state index < -0.39 is 0 Å². The molecule has 1 saturated heterocycles. The van der Waals surface area contributed by atoms with E-state index in [4.69, 9.17) is 0 Å². The van der Waals surface area contributed by atoms with Crippen molar-refractivity contribution in [2.75, 3.05) is 9.80 Å². The van der Waals surface area contributed by atoms with Crippen LogP contribution in [0, 0.1) is 0 Å². The van der Waals surface area contributed by atoms with E-state index in [1.54, 1.807) is 0 Å². The van der Waals surface area contributed by atoms with Crippen LogP contribution in [-0.4, -0.2) is 18.1 Å². The number of carbonyl (C=O) groups excluding carboxylic acids is 1. The largest absolute Gasteiger partial charge is 0.329 e. The summed E-state index contributed by atoms with van der Waals surface area (Å²) in [4.78, 5) is 17.4. The number of hydrogen-bond acceptors (Lipinski definition) is 1. The van der Waals surface area contributed by atoms with Gasteiger partial charge in [-0.1, -0.05) is 60.7 Å². The van der Waals surface area contributed by atoms with E-state index in [1.165, 1.54) is 0 Å². The van der Waals surface area contributed by atoms with Gasteiger partial charge in [0.25, 0.3) is 0 Å². The van der Waals surface area contributed by atoms with Crippen LogP contribution in [0.25, 0.3) is 12.2 Å². The summed E-state index contributed by atoms with van der Waals surface area (Å²) in [6, 6.07) is 16.8. The number of fused-ring (bicyclic) bond motifs is 7. The highest BCUT2D eigenvalue weighted by molar-refractivity contribution is 6.10. The summed E-state index contributed by atoms with van der Waals surface area (Å²) in [6.45, 7) is 0. The average molecular weight is 314 g/mol. The molecule has 0 N–H and O–H groups in total. The predicted molar refractivity (Wildman–Crippen MR) is 98.1 cm³/mol. The van der Waals surface area contributed by atoms with Gasteiger partial charge in [0.05, 0.1) is 23.5 Å². The number of carbonyl (C=O) groups is 1. The van der Waals surface area contributed by atoms with Crippen molar-refractivity contribution < 1.29 is 4.79 Å². The first-order valence-corrected chi connectivity index (χ1v) is 8.48. The fourth-order valence-corrected chi connectivity index (χ4v) is 4.20. The van der Waals surface area contributed by atoms with Crippen LogP contribution in [0.3, 0.4) is 0 Å². The van der Waals surface area contributed by atoms with Gasteiger partial charge in [-0.25, -0.2) is 4.79 Å². The fraction of sp³-hybridized carbons (Fsp3) is 0.190. The van der Waals surface area contributed by atoms with Gasteiger partial charge in [-0.15, -0.1) is 0 Å². The molecular formula is C21H18N2O. The zero-order valence-electron chi connectivity index (χ0n) is 13.3. The molecular weight excluding hydrogens is 296 g/mol. The lowest BCUT2D eigenvalue weighted by Crippen LogP contribution is -2.36. The Morgan fingerprint density at radius 3 is 1.67 bits per heavy atom. The zero-order valence-corrected chi connectivity index (χ0v) is 13.3. The van der Waals surface area contributed by atoms with Crippen LogP contribution in [0.2, 0.25) is 0 Å². The topological polar surface area (TPSA) is 23.6 Å². The number of nitrogens with zero attached hydrogens (tertiary/aromatic N) is 2.